The molecule has 7 nitrogen and oxygen atoms in total. The van der Waals surface area contributed by atoms with E-state index in [-0.39, 0.29) is 37.9 Å². The Kier molecular flexibility index (Phi) is 7.74. The summed E-state index contributed by atoms with van der Waals surface area (Å²) in [5.41, 5.74) is 0. The lowest BCUT2D eigenvalue weighted by Crippen LogP contribution is -2.19. The first-order chi connectivity index (χ1) is 9.99. The third-order valence-corrected chi connectivity index (χ3v) is 2.75. The third kappa shape index (κ3) is 7.65. The first-order valence-electron chi connectivity index (χ1n) is 7.12. The van der Waals surface area contributed by atoms with E-state index in [0.717, 1.165) is 6.42 Å². The van der Waals surface area contributed by atoms with Crippen LogP contribution in [0.3, 0.4) is 0 Å². The van der Waals surface area contributed by atoms with Crippen molar-refractivity contribution in [1.29, 1.82) is 0 Å². The lowest BCUT2D eigenvalue weighted by atomic mass is 10.2. The van der Waals surface area contributed by atoms with Crippen LogP contribution >= 0.6 is 0 Å². The van der Waals surface area contributed by atoms with E-state index < -0.39 is 18.2 Å². The predicted octanol–water partition coefficient (Wildman–Crippen LogP) is 1.19. The van der Waals surface area contributed by atoms with Gasteiger partial charge in [0.25, 0.3) is 0 Å². The quantitative estimate of drug-likeness (QED) is 0.378. The molecule has 1 aliphatic heterocycles. The summed E-state index contributed by atoms with van der Waals surface area (Å²) < 4.78 is 19.8. The number of esters is 3. The SMILES string of the molecule is CC(C)C(=O)OCCOC(=O)CCC(=O)OC1CCCO1. The van der Waals surface area contributed by atoms with E-state index >= 15 is 0 Å². The fourth-order valence-corrected chi connectivity index (χ4v) is 1.59. The zero-order valence-corrected chi connectivity index (χ0v) is 12.5. The Morgan fingerprint density at radius 2 is 1.76 bits per heavy atom. The molecule has 0 amide bonds. The van der Waals surface area contributed by atoms with Gasteiger partial charge in [-0.25, -0.2) is 0 Å². The number of rotatable bonds is 8. The second-order valence-corrected chi connectivity index (χ2v) is 4.98. The largest absolute Gasteiger partial charge is 0.462 e. The van der Waals surface area contributed by atoms with Crippen molar-refractivity contribution >= 4 is 17.9 Å². The highest BCUT2D eigenvalue weighted by Crippen LogP contribution is 2.14. The molecule has 0 aromatic rings. The van der Waals surface area contributed by atoms with Crippen molar-refractivity contribution < 1.29 is 33.3 Å². The van der Waals surface area contributed by atoms with Crippen LogP contribution in [0.4, 0.5) is 0 Å². The lowest BCUT2D eigenvalue weighted by molar-refractivity contribution is -0.171. The van der Waals surface area contributed by atoms with Gasteiger partial charge in [-0.05, 0) is 6.42 Å². The molecule has 1 unspecified atom stereocenters. The third-order valence-electron chi connectivity index (χ3n) is 2.75. The van der Waals surface area contributed by atoms with E-state index in [0.29, 0.717) is 13.0 Å². The van der Waals surface area contributed by atoms with E-state index in [9.17, 15) is 14.4 Å². The van der Waals surface area contributed by atoms with Crippen molar-refractivity contribution in [3.05, 3.63) is 0 Å². The van der Waals surface area contributed by atoms with Gasteiger partial charge in [-0.3, -0.25) is 14.4 Å². The van der Waals surface area contributed by atoms with Crippen molar-refractivity contribution in [2.75, 3.05) is 19.8 Å². The summed E-state index contributed by atoms with van der Waals surface area (Å²) >= 11 is 0. The minimum Gasteiger partial charge on any atom is -0.462 e. The Bertz CT molecular complexity index is 358. The second-order valence-electron chi connectivity index (χ2n) is 4.98. The molecule has 1 heterocycles. The van der Waals surface area contributed by atoms with Crippen LogP contribution in [-0.4, -0.2) is 44.0 Å². The van der Waals surface area contributed by atoms with E-state index in [2.05, 4.69) is 0 Å². The van der Waals surface area contributed by atoms with E-state index in [1.807, 2.05) is 0 Å². The fourth-order valence-electron chi connectivity index (χ4n) is 1.59. The Labute approximate surface area is 123 Å². The monoisotopic (exact) mass is 302 g/mol. The van der Waals surface area contributed by atoms with E-state index in [1.54, 1.807) is 13.8 Å². The highest BCUT2D eigenvalue weighted by atomic mass is 16.7. The standard InChI is InChI=1S/C14H22O7/c1-10(2)14(17)20-9-8-18-11(15)5-6-12(16)21-13-4-3-7-19-13/h10,13H,3-9H2,1-2H3. The zero-order valence-electron chi connectivity index (χ0n) is 12.5. The fraction of sp³-hybridized carbons (Fsp3) is 0.786. The Balaban J connectivity index is 2.02. The van der Waals surface area contributed by atoms with E-state index in [4.69, 9.17) is 18.9 Å². The van der Waals surface area contributed by atoms with Gasteiger partial charge >= 0.3 is 17.9 Å². The molecule has 0 aromatic heterocycles. The van der Waals surface area contributed by atoms with Crippen LogP contribution in [0.15, 0.2) is 0 Å². The van der Waals surface area contributed by atoms with Crippen LogP contribution in [0.2, 0.25) is 0 Å². The van der Waals surface area contributed by atoms with Crippen LogP contribution in [0, 0.1) is 5.92 Å². The highest BCUT2D eigenvalue weighted by molar-refractivity contribution is 5.77. The van der Waals surface area contributed by atoms with Gasteiger partial charge in [0.05, 0.1) is 25.4 Å². The molecule has 1 atom stereocenters. The molecular weight excluding hydrogens is 280 g/mol. The smallest absolute Gasteiger partial charge is 0.308 e. The molecule has 0 saturated carbocycles. The van der Waals surface area contributed by atoms with Crippen LogP contribution < -0.4 is 0 Å². The number of carbonyl (C=O) groups excluding carboxylic acids is 3. The maximum Gasteiger partial charge on any atom is 0.308 e. The number of ether oxygens (including phenoxy) is 4. The van der Waals surface area contributed by atoms with Gasteiger partial charge < -0.3 is 18.9 Å². The maximum absolute atomic E-state index is 11.4. The molecule has 0 aromatic carbocycles. The number of hydrogen-bond donors (Lipinski definition) is 0. The van der Waals surface area contributed by atoms with Gasteiger partial charge in [0.2, 0.25) is 6.29 Å². The Morgan fingerprint density at radius 3 is 2.38 bits per heavy atom. The van der Waals surface area contributed by atoms with Crippen LogP contribution in [0.5, 0.6) is 0 Å². The van der Waals surface area contributed by atoms with Crippen molar-refractivity contribution in [3.63, 3.8) is 0 Å². The minimum absolute atomic E-state index is 0.0158. The second kappa shape index (κ2) is 9.33. The molecule has 0 spiro atoms. The maximum atomic E-state index is 11.4. The molecule has 0 bridgehead atoms. The van der Waals surface area contributed by atoms with Gasteiger partial charge in [-0.1, -0.05) is 13.8 Å². The molecular formula is C14H22O7. The summed E-state index contributed by atoms with van der Waals surface area (Å²) in [5, 5.41) is 0. The Hall–Kier alpha value is -1.63. The van der Waals surface area contributed by atoms with Crippen molar-refractivity contribution in [1.82, 2.24) is 0 Å². The average Bonchev–Trinajstić information content (AvgIpc) is 2.93. The molecule has 21 heavy (non-hydrogen) atoms. The van der Waals surface area contributed by atoms with Crippen molar-refractivity contribution in [3.8, 4) is 0 Å². The first kappa shape index (κ1) is 17.4. The molecule has 1 rings (SSSR count). The summed E-state index contributed by atoms with van der Waals surface area (Å²) in [6, 6.07) is 0. The molecule has 120 valence electrons. The number of hydrogen-bond acceptors (Lipinski definition) is 7. The molecule has 1 fully saturated rings. The Morgan fingerprint density at radius 1 is 1.10 bits per heavy atom. The normalized spacial score (nSPS) is 17.6. The van der Waals surface area contributed by atoms with Gasteiger partial charge in [0.15, 0.2) is 0 Å². The van der Waals surface area contributed by atoms with Gasteiger partial charge in [0, 0.05) is 6.42 Å². The van der Waals surface area contributed by atoms with E-state index in [1.165, 1.54) is 0 Å². The molecule has 7 heteroatoms. The van der Waals surface area contributed by atoms with Crippen LogP contribution in [0.25, 0.3) is 0 Å². The van der Waals surface area contributed by atoms with Crippen LogP contribution in [0.1, 0.15) is 39.5 Å². The van der Waals surface area contributed by atoms with Gasteiger partial charge in [0.1, 0.15) is 13.2 Å². The molecule has 1 saturated heterocycles. The molecule has 1 aliphatic rings. The predicted molar refractivity (Wildman–Crippen MR) is 71.1 cm³/mol. The zero-order chi connectivity index (χ0) is 15.7. The van der Waals surface area contributed by atoms with Crippen molar-refractivity contribution in [2.45, 2.75) is 45.8 Å². The summed E-state index contributed by atoms with van der Waals surface area (Å²) in [7, 11) is 0. The summed E-state index contributed by atoms with van der Waals surface area (Å²) in [4.78, 5) is 33.9. The van der Waals surface area contributed by atoms with Gasteiger partial charge in [-0.2, -0.15) is 0 Å². The highest BCUT2D eigenvalue weighted by Gasteiger charge is 2.20. The summed E-state index contributed by atoms with van der Waals surface area (Å²) in [6.45, 7) is 4.03. The molecule has 0 N–H and O–H groups in total. The lowest BCUT2D eigenvalue weighted by Gasteiger charge is -2.11. The average molecular weight is 302 g/mol. The summed E-state index contributed by atoms with van der Waals surface area (Å²) in [6.07, 6.45) is 0.963. The minimum atomic E-state index is -0.528. The molecule has 0 aliphatic carbocycles. The van der Waals surface area contributed by atoms with Gasteiger partial charge in [-0.15, -0.1) is 0 Å². The van der Waals surface area contributed by atoms with Crippen LogP contribution in [-0.2, 0) is 33.3 Å². The van der Waals surface area contributed by atoms with Crippen molar-refractivity contribution in [2.24, 2.45) is 5.92 Å². The summed E-state index contributed by atoms with van der Waals surface area (Å²) in [5.74, 6) is -1.57. The molecule has 0 radical (unpaired) electrons. The topological polar surface area (TPSA) is 88.1 Å². The first-order valence-corrected chi connectivity index (χ1v) is 7.12. The number of carbonyl (C=O) groups is 3.